The number of rotatable bonds is 10. The van der Waals surface area contributed by atoms with Gasteiger partial charge in [0, 0.05) is 44.9 Å². The lowest BCUT2D eigenvalue weighted by Crippen LogP contribution is -2.55. The number of likely N-dealkylation sites (N-methyl/N-ethyl adjacent to an activating group) is 1. The Morgan fingerprint density at radius 2 is 1.66 bits per heavy atom. The summed E-state index contributed by atoms with van der Waals surface area (Å²) in [5, 5.41) is 5.15. The number of anilines is 2. The van der Waals surface area contributed by atoms with E-state index >= 15 is 0 Å². The zero-order chi connectivity index (χ0) is 27.7. The SMILES string of the molecule is CCOC(=O)CN1CCN(CC[N+](C)(C(C)=O)c2ccc(NC(=O)Nc3ccccc3F)c(OC)c2)CC1. The van der Waals surface area contributed by atoms with Gasteiger partial charge in [0.15, 0.2) is 0 Å². The molecule has 10 nitrogen and oxygen atoms in total. The molecule has 1 fully saturated rings. The minimum atomic E-state index is -0.618. The van der Waals surface area contributed by atoms with Crippen LogP contribution in [0.1, 0.15) is 13.8 Å². The molecular formula is C27H37FN5O5+. The second-order valence-corrected chi connectivity index (χ2v) is 9.30. The average Bonchev–Trinajstić information content (AvgIpc) is 2.89. The van der Waals surface area contributed by atoms with Crippen LogP contribution in [0.25, 0.3) is 0 Å². The van der Waals surface area contributed by atoms with Gasteiger partial charge in [0.25, 0.3) is 0 Å². The first kappa shape index (κ1) is 29.0. The van der Waals surface area contributed by atoms with E-state index in [0.29, 0.717) is 37.7 Å². The van der Waals surface area contributed by atoms with Crippen LogP contribution >= 0.6 is 0 Å². The summed E-state index contributed by atoms with van der Waals surface area (Å²) < 4.78 is 24.4. The Morgan fingerprint density at radius 1 is 1.00 bits per heavy atom. The fraction of sp³-hybridized carbons (Fsp3) is 0.444. The second-order valence-electron chi connectivity index (χ2n) is 9.30. The van der Waals surface area contributed by atoms with Crippen LogP contribution in [0.5, 0.6) is 5.75 Å². The van der Waals surface area contributed by atoms with E-state index in [1.54, 1.807) is 38.1 Å². The second kappa shape index (κ2) is 13.3. The van der Waals surface area contributed by atoms with Crippen molar-refractivity contribution in [3.05, 3.63) is 48.3 Å². The lowest BCUT2D eigenvalue weighted by molar-refractivity contribution is -0.144. The van der Waals surface area contributed by atoms with Crippen LogP contribution in [0, 0.1) is 5.82 Å². The zero-order valence-electron chi connectivity index (χ0n) is 22.5. The molecule has 0 saturated carbocycles. The maximum Gasteiger partial charge on any atom is 0.323 e. The number of quaternary nitrogens is 1. The topological polar surface area (TPSA) is 100 Å². The van der Waals surface area contributed by atoms with Gasteiger partial charge in [-0.25, -0.2) is 18.5 Å². The van der Waals surface area contributed by atoms with Crippen LogP contribution in [0.3, 0.4) is 0 Å². The molecule has 206 valence electrons. The fourth-order valence-corrected chi connectivity index (χ4v) is 4.30. The van der Waals surface area contributed by atoms with Crippen molar-refractivity contribution in [1.82, 2.24) is 14.3 Å². The molecule has 1 unspecified atom stereocenters. The van der Waals surface area contributed by atoms with E-state index in [4.69, 9.17) is 9.47 Å². The molecule has 2 aromatic rings. The normalized spacial score (nSPS) is 15.8. The van der Waals surface area contributed by atoms with Crippen molar-refractivity contribution in [2.75, 3.05) is 77.2 Å². The molecule has 1 atom stereocenters. The zero-order valence-corrected chi connectivity index (χ0v) is 22.5. The molecule has 1 aliphatic rings. The number of ether oxygens (including phenoxy) is 2. The number of carbonyl (C=O) groups is 3. The number of benzene rings is 2. The van der Waals surface area contributed by atoms with Crippen LogP contribution < -0.4 is 19.9 Å². The Bertz CT molecular complexity index is 1140. The Kier molecular flexibility index (Phi) is 10.2. The van der Waals surface area contributed by atoms with Crippen molar-refractivity contribution >= 4 is 35.0 Å². The van der Waals surface area contributed by atoms with E-state index in [-0.39, 0.29) is 22.0 Å². The van der Waals surface area contributed by atoms with Gasteiger partial charge >= 0.3 is 17.9 Å². The summed E-state index contributed by atoms with van der Waals surface area (Å²) in [6.07, 6.45) is 0. The van der Waals surface area contributed by atoms with Crippen LogP contribution in [0.15, 0.2) is 42.5 Å². The summed E-state index contributed by atoms with van der Waals surface area (Å²) in [5.74, 6) is -0.409. The minimum Gasteiger partial charge on any atom is -0.494 e. The minimum absolute atomic E-state index is 0.0361. The van der Waals surface area contributed by atoms with E-state index in [1.807, 2.05) is 7.05 Å². The average molecular weight is 531 g/mol. The number of piperazine rings is 1. The predicted octanol–water partition coefficient (Wildman–Crippen LogP) is 3.14. The Morgan fingerprint density at radius 3 is 2.29 bits per heavy atom. The Balaban J connectivity index is 1.64. The van der Waals surface area contributed by atoms with E-state index in [1.165, 1.54) is 25.3 Å². The van der Waals surface area contributed by atoms with E-state index in [2.05, 4.69) is 20.4 Å². The molecule has 11 heteroatoms. The summed E-state index contributed by atoms with van der Waals surface area (Å²) >= 11 is 0. The van der Waals surface area contributed by atoms with E-state index in [9.17, 15) is 18.8 Å². The molecule has 2 N–H and O–H groups in total. The molecule has 0 spiro atoms. The van der Waals surface area contributed by atoms with Crippen LogP contribution in [-0.2, 0) is 14.3 Å². The summed E-state index contributed by atoms with van der Waals surface area (Å²) in [7, 11) is 3.33. The molecule has 1 aliphatic heterocycles. The summed E-state index contributed by atoms with van der Waals surface area (Å²) in [4.78, 5) is 41.4. The van der Waals surface area contributed by atoms with Crippen molar-refractivity contribution in [2.24, 2.45) is 0 Å². The highest BCUT2D eigenvalue weighted by atomic mass is 19.1. The lowest BCUT2D eigenvalue weighted by Gasteiger charge is -2.37. The Labute approximate surface area is 222 Å². The van der Waals surface area contributed by atoms with E-state index < -0.39 is 11.8 Å². The highest BCUT2D eigenvalue weighted by Crippen LogP contribution is 2.33. The van der Waals surface area contributed by atoms with E-state index in [0.717, 1.165) is 31.9 Å². The number of amides is 3. The Hall–Kier alpha value is -3.54. The van der Waals surface area contributed by atoms with Crippen molar-refractivity contribution in [2.45, 2.75) is 13.8 Å². The third kappa shape index (κ3) is 7.50. The van der Waals surface area contributed by atoms with Crippen molar-refractivity contribution in [1.29, 1.82) is 0 Å². The number of nitrogens with one attached hydrogen (secondary N) is 2. The summed E-state index contributed by atoms with van der Waals surface area (Å²) in [6, 6.07) is 10.4. The molecule has 1 saturated heterocycles. The maximum atomic E-state index is 13.9. The first-order chi connectivity index (χ1) is 18.2. The van der Waals surface area contributed by atoms with Gasteiger partial charge in [0.1, 0.15) is 23.8 Å². The standard InChI is InChI=1S/C27H36FN5O5/c1-5-38-26(35)19-32-14-12-31(13-15-32)16-17-33(3,20(2)34)21-10-11-24(25(18-21)37-4)30-27(36)29-23-9-7-6-8-22(23)28/h6-11,18H,5,12-17,19H2,1-4H3,(H-,29,30,36)/p+1. The maximum absolute atomic E-state index is 13.9. The van der Waals surface area contributed by atoms with Gasteiger partial charge in [-0.15, -0.1) is 0 Å². The summed E-state index contributed by atoms with van der Waals surface area (Å²) in [5.41, 5.74) is 1.16. The molecule has 1 heterocycles. The number of nitrogens with zero attached hydrogens (tertiary/aromatic N) is 3. The fourth-order valence-electron chi connectivity index (χ4n) is 4.30. The third-order valence-electron chi connectivity index (χ3n) is 6.81. The highest BCUT2D eigenvalue weighted by molar-refractivity contribution is 6.01. The van der Waals surface area contributed by atoms with Gasteiger partial charge in [-0.2, -0.15) is 0 Å². The van der Waals surface area contributed by atoms with Crippen LogP contribution in [-0.4, -0.2) is 94.3 Å². The molecule has 0 radical (unpaired) electrons. The molecule has 0 bridgehead atoms. The molecule has 3 amide bonds. The molecule has 0 aromatic heterocycles. The van der Waals surface area contributed by atoms with Crippen LogP contribution in [0.2, 0.25) is 0 Å². The number of halogens is 1. The molecule has 0 aliphatic carbocycles. The number of esters is 1. The number of hydrogen-bond donors (Lipinski definition) is 2. The van der Waals surface area contributed by atoms with Gasteiger partial charge < -0.3 is 20.1 Å². The smallest absolute Gasteiger partial charge is 0.323 e. The first-order valence-electron chi connectivity index (χ1n) is 12.6. The number of carbonyl (C=O) groups excluding carboxylic acids is 3. The van der Waals surface area contributed by atoms with Crippen molar-refractivity contribution < 1.29 is 28.2 Å². The highest BCUT2D eigenvalue weighted by Gasteiger charge is 2.33. The molecule has 38 heavy (non-hydrogen) atoms. The molecule has 2 aromatic carbocycles. The van der Waals surface area contributed by atoms with Gasteiger partial charge in [0.2, 0.25) is 0 Å². The first-order valence-corrected chi connectivity index (χ1v) is 12.6. The number of hydrogen-bond acceptors (Lipinski definition) is 7. The predicted molar refractivity (Wildman–Crippen MR) is 145 cm³/mol. The van der Waals surface area contributed by atoms with Gasteiger partial charge in [-0.05, 0) is 25.1 Å². The number of urea groups is 1. The summed E-state index contributed by atoms with van der Waals surface area (Å²) in [6.45, 7) is 8.35. The third-order valence-corrected chi connectivity index (χ3v) is 6.81. The van der Waals surface area contributed by atoms with Gasteiger partial charge in [-0.3, -0.25) is 14.6 Å². The van der Waals surface area contributed by atoms with Crippen molar-refractivity contribution in [3.63, 3.8) is 0 Å². The lowest BCUT2D eigenvalue weighted by atomic mass is 10.2. The number of methoxy groups -OCH3 is 1. The molecular weight excluding hydrogens is 493 g/mol. The molecule has 3 rings (SSSR count). The van der Waals surface area contributed by atoms with Crippen molar-refractivity contribution in [3.8, 4) is 5.75 Å². The van der Waals surface area contributed by atoms with Gasteiger partial charge in [0.05, 0.1) is 45.6 Å². The quantitative estimate of drug-likeness (QED) is 0.360. The number of para-hydroxylation sites is 1. The monoisotopic (exact) mass is 530 g/mol. The van der Waals surface area contributed by atoms with Gasteiger partial charge in [-0.1, -0.05) is 12.1 Å². The largest absolute Gasteiger partial charge is 0.494 e. The van der Waals surface area contributed by atoms with Crippen LogP contribution in [0.4, 0.5) is 26.2 Å².